The molecule has 106 valence electrons. The molecule has 5 heteroatoms. The van der Waals surface area contributed by atoms with Crippen LogP contribution in [0.2, 0.25) is 0 Å². The zero-order valence-corrected chi connectivity index (χ0v) is 12.3. The zero-order valence-electron chi connectivity index (χ0n) is 11.5. The molecule has 2 aromatic carbocycles. The van der Waals surface area contributed by atoms with Crippen LogP contribution in [0.25, 0.3) is 0 Å². The summed E-state index contributed by atoms with van der Waals surface area (Å²) in [5.41, 5.74) is 1.14. The molecular weight excluding hydrogens is 284 g/mol. The van der Waals surface area contributed by atoms with Gasteiger partial charge in [-0.3, -0.25) is 4.79 Å². The van der Waals surface area contributed by atoms with E-state index in [1.54, 1.807) is 36.0 Å². The second-order valence-corrected chi connectivity index (χ2v) is 5.06. The number of carbonyl (C=O) groups is 1. The lowest BCUT2D eigenvalue weighted by Gasteiger charge is -2.09. The average molecular weight is 298 g/mol. The number of carbonyl (C=O) groups excluding carboxylic acids is 1. The molecule has 0 saturated carbocycles. The van der Waals surface area contributed by atoms with Crippen LogP contribution in [0.5, 0.6) is 5.75 Å². The summed E-state index contributed by atoms with van der Waals surface area (Å²) < 4.78 is 5.38. The lowest BCUT2D eigenvalue weighted by atomic mass is 10.2. The van der Waals surface area contributed by atoms with E-state index in [-0.39, 0.29) is 12.5 Å². The van der Waals surface area contributed by atoms with E-state index in [1.807, 2.05) is 36.6 Å². The first-order chi connectivity index (χ1) is 10.2. The molecule has 0 aliphatic rings. The molecule has 2 rings (SSSR count). The van der Waals surface area contributed by atoms with Crippen molar-refractivity contribution in [3.8, 4) is 11.8 Å². The molecule has 0 heterocycles. The van der Waals surface area contributed by atoms with Crippen molar-refractivity contribution in [3.05, 3.63) is 54.1 Å². The molecule has 0 aliphatic heterocycles. The highest BCUT2D eigenvalue weighted by molar-refractivity contribution is 7.98. The van der Waals surface area contributed by atoms with Gasteiger partial charge >= 0.3 is 0 Å². The fourth-order valence-electron chi connectivity index (χ4n) is 1.73. The second kappa shape index (κ2) is 7.36. The van der Waals surface area contributed by atoms with E-state index in [2.05, 4.69) is 5.32 Å². The number of anilines is 1. The Balaban J connectivity index is 1.94. The molecule has 0 unspecified atom stereocenters. The van der Waals surface area contributed by atoms with Crippen LogP contribution < -0.4 is 10.1 Å². The van der Waals surface area contributed by atoms with E-state index in [9.17, 15) is 4.79 Å². The van der Waals surface area contributed by atoms with Gasteiger partial charge in [0.05, 0.1) is 5.56 Å². The minimum absolute atomic E-state index is 0.137. The van der Waals surface area contributed by atoms with Gasteiger partial charge in [0, 0.05) is 10.6 Å². The Hall–Kier alpha value is -2.45. The Morgan fingerprint density at radius 3 is 2.86 bits per heavy atom. The predicted octanol–water partition coefficient (Wildman–Crippen LogP) is 3.30. The first kappa shape index (κ1) is 14.9. The summed E-state index contributed by atoms with van der Waals surface area (Å²) in [5.74, 6) is 0.147. The first-order valence-corrected chi connectivity index (χ1v) is 7.51. The van der Waals surface area contributed by atoms with Gasteiger partial charge in [-0.15, -0.1) is 11.8 Å². The molecule has 0 fully saturated rings. The molecule has 1 amide bonds. The molecule has 0 spiro atoms. The molecule has 0 aromatic heterocycles. The summed E-state index contributed by atoms with van der Waals surface area (Å²) in [4.78, 5) is 12.9. The number of thioether (sulfide) groups is 1. The maximum Gasteiger partial charge on any atom is 0.262 e. The van der Waals surface area contributed by atoms with E-state index >= 15 is 0 Å². The molecule has 2 aromatic rings. The van der Waals surface area contributed by atoms with Gasteiger partial charge in [-0.05, 0) is 36.6 Å². The van der Waals surface area contributed by atoms with Crippen molar-refractivity contribution >= 4 is 23.4 Å². The molecule has 0 radical (unpaired) electrons. The minimum atomic E-state index is -0.263. The van der Waals surface area contributed by atoms with Gasteiger partial charge in [-0.25, -0.2) is 0 Å². The maximum absolute atomic E-state index is 11.9. The third-order valence-electron chi connectivity index (χ3n) is 2.72. The summed E-state index contributed by atoms with van der Waals surface area (Å²) in [5, 5.41) is 11.7. The summed E-state index contributed by atoms with van der Waals surface area (Å²) in [6.45, 7) is -0.137. The van der Waals surface area contributed by atoms with Gasteiger partial charge in [0.25, 0.3) is 5.91 Å². The third-order valence-corrected chi connectivity index (χ3v) is 3.45. The van der Waals surface area contributed by atoms with Gasteiger partial charge < -0.3 is 10.1 Å². The van der Waals surface area contributed by atoms with Crippen LogP contribution >= 0.6 is 11.8 Å². The van der Waals surface area contributed by atoms with Crippen LogP contribution in [-0.4, -0.2) is 18.8 Å². The Kier molecular flexibility index (Phi) is 5.24. The predicted molar refractivity (Wildman–Crippen MR) is 83.5 cm³/mol. The SMILES string of the molecule is CSc1cccc(NC(=O)COc2ccccc2C#N)c1. The van der Waals surface area contributed by atoms with Crippen LogP contribution in [0, 0.1) is 11.3 Å². The number of hydrogen-bond donors (Lipinski definition) is 1. The van der Waals surface area contributed by atoms with Crippen molar-refractivity contribution in [2.24, 2.45) is 0 Å². The molecule has 4 nitrogen and oxygen atoms in total. The van der Waals surface area contributed by atoms with E-state index < -0.39 is 0 Å². The Morgan fingerprint density at radius 1 is 1.29 bits per heavy atom. The van der Waals surface area contributed by atoms with E-state index in [0.717, 1.165) is 10.6 Å². The Labute approximate surface area is 127 Å². The number of para-hydroxylation sites is 1. The highest BCUT2D eigenvalue weighted by Gasteiger charge is 2.07. The molecule has 1 N–H and O–H groups in total. The van der Waals surface area contributed by atoms with Crippen molar-refractivity contribution in [1.29, 1.82) is 5.26 Å². The molecule has 0 aliphatic carbocycles. The van der Waals surface area contributed by atoms with Crippen molar-refractivity contribution in [1.82, 2.24) is 0 Å². The van der Waals surface area contributed by atoms with Crippen LogP contribution in [0.1, 0.15) is 5.56 Å². The van der Waals surface area contributed by atoms with Crippen molar-refractivity contribution in [3.63, 3.8) is 0 Å². The minimum Gasteiger partial charge on any atom is -0.482 e. The van der Waals surface area contributed by atoms with E-state index in [4.69, 9.17) is 10.00 Å². The monoisotopic (exact) mass is 298 g/mol. The van der Waals surface area contributed by atoms with Crippen LogP contribution in [-0.2, 0) is 4.79 Å². The summed E-state index contributed by atoms with van der Waals surface area (Å²) in [7, 11) is 0. The number of nitriles is 1. The first-order valence-electron chi connectivity index (χ1n) is 6.29. The fourth-order valence-corrected chi connectivity index (χ4v) is 2.19. The molecule has 0 bridgehead atoms. The number of nitrogens with zero attached hydrogens (tertiary/aromatic N) is 1. The fraction of sp³-hybridized carbons (Fsp3) is 0.125. The number of rotatable bonds is 5. The molecule has 0 atom stereocenters. The molecule has 0 saturated heterocycles. The number of benzene rings is 2. The zero-order chi connectivity index (χ0) is 15.1. The van der Waals surface area contributed by atoms with Gasteiger partial charge in [0.15, 0.2) is 6.61 Å². The van der Waals surface area contributed by atoms with E-state index in [0.29, 0.717) is 11.3 Å². The van der Waals surface area contributed by atoms with Crippen molar-refractivity contribution in [2.45, 2.75) is 4.90 Å². The Bertz CT molecular complexity index is 680. The summed E-state index contributed by atoms with van der Waals surface area (Å²) >= 11 is 1.61. The van der Waals surface area contributed by atoms with Gasteiger partial charge in [-0.1, -0.05) is 18.2 Å². The molecular formula is C16H14N2O2S. The van der Waals surface area contributed by atoms with Crippen LogP contribution in [0.4, 0.5) is 5.69 Å². The number of ether oxygens (including phenoxy) is 1. The van der Waals surface area contributed by atoms with Crippen LogP contribution in [0.3, 0.4) is 0 Å². The van der Waals surface area contributed by atoms with E-state index in [1.165, 1.54) is 0 Å². The van der Waals surface area contributed by atoms with Gasteiger partial charge in [0.1, 0.15) is 11.8 Å². The third kappa shape index (κ3) is 4.26. The highest BCUT2D eigenvalue weighted by atomic mass is 32.2. The normalized spacial score (nSPS) is 9.71. The van der Waals surface area contributed by atoms with Gasteiger partial charge in [-0.2, -0.15) is 5.26 Å². The quantitative estimate of drug-likeness (QED) is 0.860. The largest absolute Gasteiger partial charge is 0.482 e. The lowest BCUT2D eigenvalue weighted by molar-refractivity contribution is -0.118. The molecule has 21 heavy (non-hydrogen) atoms. The summed E-state index contributed by atoms with van der Waals surface area (Å²) in [6.07, 6.45) is 1.98. The highest BCUT2D eigenvalue weighted by Crippen LogP contribution is 2.19. The number of hydrogen-bond acceptors (Lipinski definition) is 4. The van der Waals surface area contributed by atoms with Crippen LogP contribution in [0.15, 0.2) is 53.4 Å². The van der Waals surface area contributed by atoms with Crippen molar-refractivity contribution < 1.29 is 9.53 Å². The summed E-state index contributed by atoms with van der Waals surface area (Å²) in [6, 6.07) is 16.4. The average Bonchev–Trinajstić information content (AvgIpc) is 2.53. The lowest BCUT2D eigenvalue weighted by Crippen LogP contribution is -2.20. The van der Waals surface area contributed by atoms with Crippen molar-refractivity contribution in [2.75, 3.05) is 18.2 Å². The smallest absolute Gasteiger partial charge is 0.262 e. The standard InChI is InChI=1S/C16H14N2O2S/c1-21-14-7-4-6-13(9-14)18-16(19)11-20-15-8-3-2-5-12(15)10-17/h2-9H,11H2,1H3,(H,18,19). The maximum atomic E-state index is 11.9. The van der Waals surface area contributed by atoms with Gasteiger partial charge in [0.2, 0.25) is 0 Å². The second-order valence-electron chi connectivity index (χ2n) is 4.18. The number of nitrogens with one attached hydrogen (secondary N) is 1. The Morgan fingerprint density at radius 2 is 2.10 bits per heavy atom. The number of amides is 1. The topological polar surface area (TPSA) is 62.1 Å².